The van der Waals surface area contributed by atoms with Crippen LogP contribution in [0, 0.1) is 5.41 Å². The third-order valence-corrected chi connectivity index (χ3v) is 4.75. The highest BCUT2D eigenvalue weighted by atomic mass is 16.4. The summed E-state index contributed by atoms with van der Waals surface area (Å²) in [7, 11) is 0. The smallest absolute Gasteiger partial charge is 0.303 e. The Bertz CT molecular complexity index is 619. The second-order valence-corrected chi connectivity index (χ2v) is 6.84. The summed E-state index contributed by atoms with van der Waals surface area (Å²) in [5, 5.41) is 14.8. The van der Waals surface area contributed by atoms with Crippen LogP contribution in [0.5, 0.6) is 0 Å². The molecule has 0 aliphatic heterocycles. The lowest BCUT2D eigenvalue weighted by atomic mass is 9.69. The van der Waals surface area contributed by atoms with Gasteiger partial charge in [-0.3, -0.25) is 14.4 Å². The van der Waals surface area contributed by atoms with Gasteiger partial charge in [0.1, 0.15) is 0 Å². The molecule has 0 spiro atoms. The van der Waals surface area contributed by atoms with Gasteiger partial charge in [-0.25, -0.2) is 0 Å². The van der Waals surface area contributed by atoms with Crippen molar-refractivity contribution in [2.75, 3.05) is 10.6 Å². The predicted octanol–water partition coefficient (Wildman–Crippen LogP) is 3.79. The molecule has 0 unspecified atom stereocenters. The Morgan fingerprint density at radius 1 is 0.920 bits per heavy atom. The van der Waals surface area contributed by atoms with Gasteiger partial charge in [0.2, 0.25) is 11.8 Å². The number of nitrogens with one attached hydrogen (secondary N) is 2. The summed E-state index contributed by atoms with van der Waals surface area (Å²) in [6, 6.07) is 6.93. The van der Waals surface area contributed by atoms with Crippen LogP contribution in [0.25, 0.3) is 0 Å². The van der Waals surface area contributed by atoms with Crippen LogP contribution >= 0.6 is 0 Å². The van der Waals surface area contributed by atoms with Gasteiger partial charge in [-0.2, -0.15) is 0 Å². The second-order valence-electron chi connectivity index (χ2n) is 6.84. The van der Waals surface area contributed by atoms with Crippen molar-refractivity contribution in [2.24, 2.45) is 5.41 Å². The Morgan fingerprint density at radius 3 is 1.92 bits per heavy atom. The highest BCUT2D eigenvalue weighted by Crippen LogP contribution is 2.42. The molecule has 1 saturated carbocycles. The lowest BCUT2D eigenvalue weighted by molar-refractivity contribution is -0.141. The summed E-state index contributed by atoms with van der Waals surface area (Å²) < 4.78 is 0. The zero-order valence-electron chi connectivity index (χ0n) is 14.6. The van der Waals surface area contributed by atoms with Crippen molar-refractivity contribution in [3.8, 4) is 0 Å². The minimum Gasteiger partial charge on any atom is -0.481 e. The molecule has 6 nitrogen and oxygen atoms in total. The Balaban J connectivity index is 1.96. The van der Waals surface area contributed by atoms with E-state index in [1.54, 1.807) is 31.2 Å². The molecule has 136 valence electrons. The number of carbonyl (C=O) groups excluding carboxylic acids is 2. The minimum atomic E-state index is -0.842. The van der Waals surface area contributed by atoms with Crippen LogP contribution in [-0.4, -0.2) is 22.9 Å². The molecule has 1 aromatic rings. The van der Waals surface area contributed by atoms with Crippen LogP contribution in [0.2, 0.25) is 0 Å². The van der Waals surface area contributed by atoms with E-state index in [0.717, 1.165) is 32.1 Å². The highest BCUT2D eigenvalue weighted by molar-refractivity contribution is 5.93. The van der Waals surface area contributed by atoms with Crippen LogP contribution in [-0.2, 0) is 14.4 Å². The summed E-state index contributed by atoms with van der Waals surface area (Å²) in [6.07, 6.45) is 5.32. The largest absolute Gasteiger partial charge is 0.481 e. The van der Waals surface area contributed by atoms with E-state index in [1.807, 2.05) is 0 Å². The van der Waals surface area contributed by atoms with Gasteiger partial charge in [-0.1, -0.05) is 26.2 Å². The topological polar surface area (TPSA) is 95.5 Å². The summed E-state index contributed by atoms with van der Waals surface area (Å²) in [4.78, 5) is 35.0. The summed E-state index contributed by atoms with van der Waals surface area (Å²) in [6.45, 7) is 1.78. The number of benzene rings is 1. The molecule has 0 aromatic heterocycles. The van der Waals surface area contributed by atoms with Crippen molar-refractivity contribution in [2.45, 2.75) is 58.3 Å². The van der Waals surface area contributed by atoms with Gasteiger partial charge in [0.25, 0.3) is 0 Å². The van der Waals surface area contributed by atoms with Gasteiger partial charge in [-0.15, -0.1) is 0 Å². The number of anilines is 2. The van der Waals surface area contributed by atoms with Crippen molar-refractivity contribution in [3.05, 3.63) is 24.3 Å². The maximum Gasteiger partial charge on any atom is 0.303 e. The van der Waals surface area contributed by atoms with E-state index in [4.69, 9.17) is 0 Å². The highest BCUT2D eigenvalue weighted by Gasteiger charge is 2.36. The Morgan fingerprint density at radius 2 is 1.44 bits per heavy atom. The quantitative estimate of drug-likeness (QED) is 0.700. The molecule has 0 atom stereocenters. The summed E-state index contributed by atoms with van der Waals surface area (Å²) >= 11 is 0. The van der Waals surface area contributed by atoms with Crippen LogP contribution in [0.4, 0.5) is 11.4 Å². The third kappa shape index (κ3) is 5.89. The Labute approximate surface area is 148 Å². The molecule has 2 amide bonds. The number of rotatable bonds is 7. The van der Waals surface area contributed by atoms with Gasteiger partial charge in [0.15, 0.2) is 0 Å². The fourth-order valence-corrected chi connectivity index (χ4v) is 3.47. The molecule has 25 heavy (non-hydrogen) atoms. The van der Waals surface area contributed by atoms with Crippen molar-refractivity contribution >= 4 is 29.2 Å². The first-order valence-corrected chi connectivity index (χ1v) is 8.84. The molecule has 0 bridgehead atoms. The van der Waals surface area contributed by atoms with E-state index in [-0.39, 0.29) is 24.7 Å². The monoisotopic (exact) mass is 346 g/mol. The van der Waals surface area contributed by atoms with Crippen LogP contribution in [0.15, 0.2) is 24.3 Å². The van der Waals surface area contributed by atoms with E-state index < -0.39 is 11.4 Å². The number of amides is 2. The molecule has 3 N–H and O–H groups in total. The van der Waals surface area contributed by atoms with Crippen molar-refractivity contribution in [1.82, 2.24) is 0 Å². The first kappa shape index (κ1) is 19.0. The van der Waals surface area contributed by atoms with Gasteiger partial charge in [-0.05, 0) is 42.5 Å². The molecule has 1 aromatic carbocycles. The number of hydrogen-bond acceptors (Lipinski definition) is 3. The van der Waals surface area contributed by atoms with E-state index in [2.05, 4.69) is 10.6 Å². The third-order valence-electron chi connectivity index (χ3n) is 4.75. The molecule has 1 aliphatic carbocycles. The van der Waals surface area contributed by atoms with Crippen LogP contribution in [0.3, 0.4) is 0 Å². The van der Waals surface area contributed by atoms with Crippen molar-refractivity contribution in [1.29, 1.82) is 0 Å². The summed E-state index contributed by atoms with van der Waals surface area (Å²) in [5.74, 6) is -1.07. The Kier molecular flexibility index (Phi) is 6.56. The number of carboxylic acid groups (broad SMARTS) is 1. The van der Waals surface area contributed by atoms with Gasteiger partial charge < -0.3 is 15.7 Å². The standard InChI is InChI=1S/C19H26N2O4/c1-2-16(22)20-14-6-8-15(9-7-14)21-17(23)12-19(13-18(24)25)10-4-3-5-11-19/h6-9H,2-5,10-13H2,1H3,(H,20,22)(H,21,23)(H,24,25). The maximum atomic E-state index is 12.4. The lowest BCUT2D eigenvalue weighted by Crippen LogP contribution is -2.32. The van der Waals surface area contributed by atoms with E-state index in [1.165, 1.54) is 0 Å². The van der Waals surface area contributed by atoms with E-state index in [9.17, 15) is 19.5 Å². The number of aliphatic carboxylic acids is 1. The zero-order chi connectivity index (χ0) is 18.3. The molecule has 0 saturated heterocycles. The molecule has 1 aliphatic rings. The van der Waals surface area contributed by atoms with Crippen molar-refractivity contribution in [3.63, 3.8) is 0 Å². The second kappa shape index (κ2) is 8.65. The zero-order valence-corrected chi connectivity index (χ0v) is 14.6. The van der Waals surface area contributed by atoms with E-state index >= 15 is 0 Å². The molecular formula is C19H26N2O4. The average molecular weight is 346 g/mol. The van der Waals surface area contributed by atoms with E-state index in [0.29, 0.717) is 17.8 Å². The average Bonchev–Trinajstić information content (AvgIpc) is 2.56. The fourth-order valence-electron chi connectivity index (χ4n) is 3.47. The molecular weight excluding hydrogens is 320 g/mol. The fraction of sp³-hybridized carbons (Fsp3) is 0.526. The number of hydrogen-bond donors (Lipinski definition) is 3. The lowest BCUT2D eigenvalue weighted by Gasteiger charge is -2.35. The SMILES string of the molecule is CCC(=O)Nc1ccc(NC(=O)CC2(CC(=O)O)CCCCC2)cc1. The van der Waals surface area contributed by atoms with Gasteiger partial charge in [0, 0.05) is 24.2 Å². The Hall–Kier alpha value is -2.37. The first-order chi connectivity index (χ1) is 11.9. The predicted molar refractivity (Wildman–Crippen MR) is 96.4 cm³/mol. The first-order valence-electron chi connectivity index (χ1n) is 8.84. The molecule has 6 heteroatoms. The molecule has 1 fully saturated rings. The molecule has 0 heterocycles. The normalized spacial score (nSPS) is 16.0. The molecule has 2 rings (SSSR count). The number of carbonyl (C=O) groups is 3. The van der Waals surface area contributed by atoms with Crippen molar-refractivity contribution < 1.29 is 19.5 Å². The van der Waals surface area contributed by atoms with Crippen LogP contribution in [0.1, 0.15) is 58.3 Å². The summed E-state index contributed by atoms with van der Waals surface area (Å²) in [5.41, 5.74) is 0.892. The van der Waals surface area contributed by atoms with Crippen LogP contribution < -0.4 is 10.6 Å². The molecule has 0 radical (unpaired) electrons. The van der Waals surface area contributed by atoms with Gasteiger partial charge in [0.05, 0.1) is 6.42 Å². The number of carboxylic acids is 1. The minimum absolute atomic E-state index is 0.0441. The van der Waals surface area contributed by atoms with Gasteiger partial charge >= 0.3 is 5.97 Å². The maximum absolute atomic E-state index is 12.4.